The summed E-state index contributed by atoms with van der Waals surface area (Å²) in [5.41, 5.74) is 0. The van der Waals surface area contributed by atoms with Crippen molar-refractivity contribution >= 4 is 12.0 Å². The number of hydrogen-bond acceptors (Lipinski definition) is 4. The molecule has 0 aromatic heterocycles. The molecule has 0 saturated heterocycles. The molecule has 0 saturated carbocycles. The van der Waals surface area contributed by atoms with Crippen LogP contribution in [-0.2, 0) is 4.79 Å². The quantitative estimate of drug-likeness (QED) is 0.463. The Kier molecular flexibility index (Phi) is 6.43. The van der Waals surface area contributed by atoms with E-state index in [9.17, 15) is 9.59 Å². The minimum atomic E-state index is -1.20. The van der Waals surface area contributed by atoms with Gasteiger partial charge in [0.1, 0.15) is 6.04 Å². The van der Waals surface area contributed by atoms with E-state index in [1.54, 1.807) is 6.92 Å². The van der Waals surface area contributed by atoms with Crippen LogP contribution in [0.5, 0.6) is 0 Å². The van der Waals surface area contributed by atoms with Crippen molar-refractivity contribution in [3.8, 4) is 0 Å². The number of rotatable bonds is 6. The van der Waals surface area contributed by atoms with Crippen LogP contribution < -0.4 is 5.32 Å². The van der Waals surface area contributed by atoms with Gasteiger partial charge in [-0.15, -0.1) is 0 Å². The molecule has 0 radical (unpaired) electrons. The highest BCUT2D eigenvalue weighted by Crippen LogP contribution is 1.98. The van der Waals surface area contributed by atoms with Gasteiger partial charge in [-0.05, 0) is 6.92 Å². The molecular weight excluding hydrogens is 216 g/mol. The maximum atomic E-state index is 11.5. The van der Waals surface area contributed by atoms with Crippen molar-refractivity contribution in [2.45, 2.75) is 25.4 Å². The topological polar surface area (TPSA) is 110 Å². The van der Waals surface area contributed by atoms with Gasteiger partial charge in [0.15, 0.2) is 0 Å². The minimum Gasteiger partial charge on any atom is -0.480 e. The second-order valence-electron chi connectivity index (χ2n) is 3.50. The molecule has 0 aromatic carbocycles. The van der Waals surface area contributed by atoms with Gasteiger partial charge in [0.25, 0.3) is 0 Å². The van der Waals surface area contributed by atoms with Gasteiger partial charge < -0.3 is 25.5 Å². The molecule has 16 heavy (non-hydrogen) atoms. The van der Waals surface area contributed by atoms with E-state index < -0.39 is 24.1 Å². The first kappa shape index (κ1) is 14.7. The predicted octanol–water partition coefficient (Wildman–Crippen LogP) is -1.16. The molecule has 0 heterocycles. The summed E-state index contributed by atoms with van der Waals surface area (Å²) in [7, 11) is 1.45. The summed E-state index contributed by atoms with van der Waals surface area (Å²) >= 11 is 0. The lowest BCUT2D eigenvalue weighted by molar-refractivity contribution is -0.139. The lowest BCUT2D eigenvalue weighted by Crippen LogP contribution is -2.50. The average molecular weight is 234 g/mol. The number of carboxylic acid groups (broad SMARTS) is 1. The number of amides is 2. The number of carboxylic acids is 1. The standard InChI is InChI=1S/C9H18N2O5/c1-6(5-13)11(2)9(16)10-7(3-4-12)8(14)15/h6-7,12-13H,3-5H2,1-2H3,(H,10,16)(H,14,15). The van der Waals surface area contributed by atoms with Crippen molar-refractivity contribution in [3.63, 3.8) is 0 Å². The number of nitrogens with zero attached hydrogens (tertiary/aromatic N) is 1. The Morgan fingerprint density at radius 1 is 1.38 bits per heavy atom. The second-order valence-corrected chi connectivity index (χ2v) is 3.50. The van der Waals surface area contributed by atoms with Gasteiger partial charge in [0.2, 0.25) is 0 Å². The number of carbonyl (C=O) groups excluding carboxylic acids is 1. The SMILES string of the molecule is CC(CO)N(C)C(=O)NC(CCO)C(=O)O. The van der Waals surface area contributed by atoms with Crippen molar-refractivity contribution in [1.29, 1.82) is 0 Å². The molecule has 0 bridgehead atoms. The van der Waals surface area contributed by atoms with Crippen LogP contribution in [0.3, 0.4) is 0 Å². The highest BCUT2D eigenvalue weighted by Gasteiger charge is 2.22. The van der Waals surface area contributed by atoms with Crippen molar-refractivity contribution in [1.82, 2.24) is 10.2 Å². The summed E-state index contributed by atoms with van der Waals surface area (Å²) in [4.78, 5) is 23.4. The van der Waals surface area contributed by atoms with E-state index >= 15 is 0 Å². The van der Waals surface area contributed by atoms with Crippen molar-refractivity contribution in [2.24, 2.45) is 0 Å². The fraction of sp³-hybridized carbons (Fsp3) is 0.778. The predicted molar refractivity (Wildman–Crippen MR) is 56.0 cm³/mol. The van der Waals surface area contributed by atoms with Crippen LogP contribution in [0, 0.1) is 0 Å². The number of aliphatic hydroxyl groups excluding tert-OH is 2. The fourth-order valence-electron chi connectivity index (χ4n) is 0.960. The molecule has 0 rings (SSSR count). The molecule has 0 spiro atoms. The lowest BCUT2D eigenvalue weighted by atomic mass is 10.2. The molecule has 0 fully saturated rings. The molecule has 2 atom stereocenters. The molecule has 94 valence electrons. The first-order valence-corrected chi connectivity index (χ1v) is 4.91. The number of carbonyl (C=O) groups is 2. The molecule has 0 aliphatic heterocycles. The third-order valence-electron chi connectivity index (χ3n) is 2.26. The van der Waals surface area contributed by atoms with Crippen molar-refractivity contribution in [2.75, 3.05) is 20.3 Å². The van der Waals surface area contributed by atoms with Crippen LogP contribution in [0.15, 0.2) is 0 Å². The first-order chi connectivity index (χ1) is 7.43. The Hall–Kier alpha value is -1.34. The van der Waals surface area contributed by atoms with Crippen LogP contribution in [0.25, 0.3) is 0 Å². The van der Waals surface area contributed by atoms with Crippen molar-refractivity contribution in [3.05, 3.63) is 0 Å². The monoisotopic (exact) mass is 234 g/mol. The van der Waals surface area contributed by atoms with Gasteiger partial charge >= 0.3 is 12.0 Å². The van der Waals surface area contributed by atoms with E-state index in [0.29, 0.717) is 0 Å². The number of nitrogens with one attached hydrogen (secondary N) is 1. The molecule has 2 amide bonds. The highest BCUT2D eigenvalue weighted by molar-refractivity contribution is 5.82. The first-order valence-electron chi connectivity index (χ1n) is 4.91. The van der Waals surface area contributed by atoms with E-state index in [2.05, 4.69) is 5.32 Å². The number of hydrogen-bond donors (Lipinski definition) is 4. The minimum absolute atomic E-state index is 0.0532. The third kappa shape index (κ3) is 4.45. The fourth-order valence-corrected chi connectivity index (χ4v) is 0.960. The third-order valence-corrected chi connectivity index (χ3v) is 2.26. The van der Waals surface area contributed by atoms with E-state index in [1.807, 2.05) is 0 Å². The number of likely N-dealkylation sites (N-methyl/N-ethyl adjacent to an activating group) is 1. The number of urea groups is 1. The molecule has 7 nitrogen and oxygen atoms in total. The zero-order valence-corrected chi connectivity index (χ0v) is 9.38. The molecule has 0 aromatic rings. The van der Waals surface area contributed by atoms with Crippen molar-refractivity contribution < 1.29 is 24.9 Å². The Labute approximate surface area is 93.7 Å². The zero-order chi connectivity index (χ0) is 12.7. The van der Waals surface area contributed by atoms with Gasteiger partial charge in [-0.2, -0.15) is 0 Å². The van der Waals surface area contributed by atoms with Crippen LogP contribution >= 0.6 is 0 Å². The summed E-state index contributed by atoms with van der Waals surface area (Å²) in [5.74, 6) is -1.20. The molecule has 4 N–H and O–H groups in total. The number of aliphatic carboxylic acids is 1. The van der Waals surface area contributed by atoms with Crippen LogP contribution in [-0.4, -0.2) is 64.6 Å². The largest absolute Gasteiger partial charge is 0.480 e. The molecule has 2 unspecified atom stereocenters. The van der Waals surface area contributed by atoms with Gasteiger partial charge in [-0.1, -0.05) is 0 Å². The smallest absolute Gasteiger partial charge is 0.326 e. The molecule has 7 heteroatoms. The summed E-state index contributed by atoms with van der Waals surface area (Å²) in [6.45, 7) is 1.10. The van der Waals surface area contributed by atoms with E-state index in [-0.39, 0.29) is 19.6 Å². The second kappa shape index (κ2) is 7.02. The Bertz CT molecular complexity index is 246. The maximum absolute atomic E-state index is 11.5. The van der Waals surface area contributed by atoms with Gasteiger partial charge in [-0.3, -0.25) is 0 Å². The van der Waals surface area contributed by atoms with Crippen LogP contribution in [0.2, 0.25) is 0 Å². The Morgan fingerprint density at radius 2 is 1.94 bits per heavy atom. The maximum Gasteiger partial charge on any atom is 0.326 e. The Balaban J connectivity index is 4.34. The zero-order valence-electron chi connectivity index (χ0n) is 9.38. The normalized spacial score (nSPS) is 14.0. The van der Waals surface area contributed by atoms with E-state index in [4.69, 9.17) is 15.3 Å². The summed E-state index contributed by atoms with van der Waals surface area (Å²) < 4.78 is 0. The Morgan fingerprint density at radius 3 is 2.31 bits per heavy atom. The number of aliphatic hydroxyl groups is 2. The van der Waals surface area contributed by atoms with Gasteiger partial charge in [-0.25, -0.2) is 9.59 Å². The lowest BCUT2D eigenvalue weighted by Gasteiger charge is -2.25. The van der Waals surface area contributed by atoms with E-state index in [1.165, 1.54) is 11.9 Å². The van der Waals surface area contributed by atoms with Gasteiger partial charge in [0, 0.05) is 20.1 Å². The summed E-state index contributed by atoms with van der Waals surface area (Å²) in [6, 6.07) is -2.11. The highest BCUT2D eigenvalue weighted by atomic mass is 16.4. The van der Waals surface area contributed by atoms with E-state index in [0.717, 1.165) is 0 Å². The molecule has 0 aliphatic rings. The average Bonchev–Trinajstić information content (AvgIpc) is 2.25. The summed E-state index contributed by atoms with van der Waals surface area (Å²) in [6.07, 6.45) is -0.0532. The van der Waals surface area contributed by atoms with Gasteiger partial charge in [0.05, 0.1) is 12.6 Å². The van der Waals surface area contributed by atoms with Crippen LogP contribution in [0.4, 0.5) is 4.79 Å². The molecular formula is C9H18N2O5. The molecule has 0 aliphatic carbocycles. The van der Waals surface area contributed by atoms with Crippen LogP contribution in [0.1, 0.15) is 13.3 Å². The summed E-state index contributed by atoms with van der Waals surface area (Å²) in [5, 5.41) is 28.4.